The van der Waals surface area contributed by atoms with Crippen molar-refractivity contribution >= 4 is 11.6 Å². The van der Waals surface area contributed by atoms with Gasteiger partial charge in [0, 0.05) is 18.4 Å². The molecular weight excluding hydrogens is 226 g/mol. The maximum absolute atomic E-state index is 5.79. The van der Waals surface area contributed by atoms with Crippen LogP contribution in [0.4, 0.5) is 0 Å². The van der Waals surface area contributed by atoms with Crippen molar-refractivity contribution in [1.82, 2.24) is 14.7 Å². The number of nitrogens with zero attached hydrogens (tertiary/aromatic N) is 3. The molecule has 2 heterocycles. The van der Waals surface area contributed by atoms with E-state index in [4.69, 9.17) is 5.73 Å². The van der Waals surface area contributed by atoms with E-state index in [2.05, 4.69) is 34.3 Å². The molecule has 2 aromatic rings. The van der Waals surface area contributed by atoms with Crippen LogP contribution in [0.3, 0.4) is 0 Å². The lowest BCUT2D eigenvalue weighted by atomic mass is 10.3. The predicted molar refractivity (Wildman–Crippen MR) is 71.4 cm³/mol. The summed E-state index contributed by atoms with van der Waals surface area (Å²) in [6, 6.07) is 4.65. The molecule has 0 unspecified atom stereocenters. The van der Waals surface area contributed by atoms with Crippen molar-refractivity contribution in [2.75, 3.05) is 0 Å². The molecule has 3 rings (SSSR count). The molecule has 1 saturated carbocycles. The van der Waals surface area contributed by atoms with Gasteiger partial charge in [0.25, 0.3) is 0 Å². The van der Waals surface area contributed by atoms with Crippen LogP contribution in [0.2, 0.25) is 0 Å². The van der Waals surface area contributed by atoms with E-state index in [0.717, 1.165) is 11.3 Å². The lowest BCUT2D eigenvalue weighted by Gasteiger charge is -2.01. The Kier molecular flexibility index (Phi) is 2.66. The largest absolute Gasteiger partial charge is 0.370 e. The van der Waals surface area contributed by atoms with Gasteiger partial charge in [0.1, 0.15) is 5.65 Å². The van der Waals surface area contributed by atoms with Crippen LogP contribution in [-0.4, -0.2) is 21.4 Å². The number of fused-ring (bicyclic) bond motifs is 1. The van der Waals surface area contributed by atoms with Gasteiger partial charge in [-0.25, -0.2) is 9.98 Å². The van der Waals surface area contributed by atoms with E-state index in [1.165, 1.54) is 18.4 Å². The highest BCUT2D eigenvalue weighted by Crippen LogP contribution is 2.18. The lowest BCUT2D eigenvalue weighted by molar-refractivity contribution is 0.874. The molecule has 5 nitrogen and oxygen atoms in total. The summed E-state index contributed by atoms with van der Waals surface area (Å²) in [7, 11) is 0. The molecule has 1 aliphatic rings. The van der Waals surface area contributed by atoms with Crippen LogP contribution in [0, 0.1) is 6.92 Å². The lowest BCUT2D eigenvalue weighted by Crippen LogP contribution is -2.33. The number of rotatable bonds is 3. The Balaban J connectivity index is 1.73. The molecule has 0 radical (unpaired) electrons. The molecule has 1 fully saturated rings. The molecule has 0 amide bonds. The Morgan fingerprint density at radius 2 is 2.44 bits per heavy atom. The Morgan fingerprint density at radius 3 is 3.22 bits per heavy atom. The Bertz CT molecular complexity index is 594. The first-order valence-corrected chi connectivity index (χ1v) is 6.21. The third-order valence-electron chi connectivity index (χ3n) is 3.01. The summed E-state index contributed by atoms with van der Waals surface area (Å²) in [6.07, 6.45) is 6.40. The summed E-state index contributed by atoms with van der Waals surface area (Å²) >= 11 is 0. The second-order valence-corrected chi connectivity index (χ2v) is 4.82. The molecule has 0 saturated heterocycles. The van der Waals surface area contributed by atoms with E-state index in [1.807, 2.05) is 16.8 Å². The maximum atomic E-state index is 5.79. The first-order chi connectivity index (χ1) is 8.70. The molecule has 2 aromatic heterocycles. The molecule has 0 atom stereocenters. The van der Waals surface area contributed by atoms with Crippen molar-refractivity contribution in [3.05, 3.63) is 35.8 Å². The van der Waals surface area contributed by atoms with Crippen LogP contribution < -0.4 is 11.1 Å². The number of guanidine groups is 1. The normalized spacial score (nSPS) is 16.2. The van der Waals surface area contributed by atoms with Gasteiger partial charge in [-0.15, -0.1) is 0 Å². The van der Waals surface area contributed by atoms with Crippen molar-refractivity contribution in [3.8, 4) is 0 Å². The third-order valence-corrected chi connectivity index (χ3v) is 3.01. The van der Waals surface area contributed by atoms with Gasteiger partial charge in [0.2, 0.25) is 0 Å². The van der Waals surface area contributed by atoms with Crippen molar-refractivity contribution in [2.45, 2.75) is 32.4 Å². The summed E-state index contributed by atoms with van der Waals surface area (Å²) in [6.45, 7) is 2.58. The maximum Gasteiger partial charge on any atom is 0.189 e. The van der Waals surface area contributed by atoms with Gasteiger partial charge in [-0.1, -0.05) is 0 Å². The highest BCUT2D eigenvalue weighted by atomic mass is 15.1. The minimum Gasteiger partial charge on any atom is -0.370 e. The zero-order valence-corrected chi connectivity index (χ0v) is 10.4. The summed E-state index contributed by atoms with van der Waals surface area (Å²) in [5.74, 6) is 0.519. The summed E-state index contributed by atoms with van der Waals surface area (Å²) < 4.78 is 2.00. The summed E-state index contributed by atoms with van der Waals surface area (Å²) in [5.41, 5.74) is 8.88. The standard InChI is InChI=1S/C13H17N5/c1-9-4-5-18-8-11(16-12(18)6-9)7-15-13(14)17-10-2-3-10/h4-6,8,10H,2-3,7H2,1H3,(H3,14,15,17). The third kappa shape index (κ3) is 2.45. The molecule has 3 N–H and O–H groups in total. The van der Waals surface area contributed by atoms with Crippen molar-refractivity contribution in [1.29, 1.82) is 0 Å². The number of aryl methyl sites for hydroxylation is 1. The van der Waals surface area contributed by atoms with E-state index in [1.54, 1.807) is 0 Å². The SMILES string of the molecule is Cc1ccn2cc(CN=C(N)NC3CC3)nc2c1. The predicted octanol–water partition coefficient (Wildman–Crippen LogP) is 1.21. The number of hydrogen-bond donors (Lipinski definition) is 2. The number of imidazole rings is 1. The van der Waals surface area contributed by atoms with Gasteiger partial charge in [-0.3, -0.25) is 0 Å². The Hall–Kier alpha value is -2.04. The van der Waals surface area contributed by atoms with Gasteiger partial charge in [-0.2, -0.15) is 0 Å². The molecule has 0 aromatic carbocycles. The average molecular weight is 243 g/mol. The number of aromatic nitrogens is 2. The highest BCUT2D eigenvalue weighted by Gasteiger charge is 2.21. The number of nitrogens with two attached hydrogens (primary N) is 1. The fraction of sp³-hybridized carbons (Fsp3) is 0.385. The minimum atomic E-state index is 0.519. The van der Waals surface area contributed by atoms with Crippen LogP contribution in [0.1, 0.15) is 24.1 Å². The molecule has 18 heavy (non-hydrogen) atoms. The fourth-order valence-corrected chi connectivity index (χ4v) is 1.86. The topological polar surface area (TPSA) is 67.7 Å². The average Bonchev–Trinajstić information content (AvgIpc) is 3.04. The van der Waals surface area contributed by atoms with Crippen LogP contribution in [0.5, 0.6) is 0 Å². The molecule has 94 valence electrons. The van der Waals surface area contributed by atoms with Crippen LogP contribution in [0.15, 0.2) is 29.5 Å². The Labute approximate surface area is 106 Å². The first-order valence-electron chi connectivity index (χ1n) is 6.21. The number of hydrogen-bond acceptors (Lipinski definition) is 2. The minimum absolute atomic E-state index is 0.519. The van der Waals surface area contributed by atoms with Crippen molar-refractivity contribution in [3.63, 3.8) is 0 Å². The van der Waals surface area contributed by atoms with Crippen molar-refractivity contribution in [2.24, 2.45) is 10.7 Å². The zero-order valence-electron chi connectivity index (χ0n) is 10.4. The molecule has 1 aliphatic carbocycles. The second-order valence-electron chi connectivity index (χ2n) is 4.82. The van der Waals surface area contributed by atoms with E-state index in [0.29, 0.717) is 18.5 Å². The molecule has 0 aliphatic heterocycles. The number of nitrogens with one attached hydrogen (secondary N) is 1. The van der Waals surface area contributed by atoms with Gasteiger partial charge in [0.15, 0.2) is 5.96 Å². The zero-order chi connectivity index (χ0) is 12.5. The van der Waals surface area contributed by atoms with Crippen molar-refractivity contribution < 1.29 is 0 Å². The van der Waals surface area contributed by atoms with Gasteiger partial charge >= 0.3 is 0 Å². The highest BCUT2D eigenvalue weighted by molar-refractivity contribution is 5.78. The second kappa shape index (κ2) is 4.33. The molecule has 0 spiro atoms. The van der Waals surface area contributed by atoms with Crippen LogP contribution in [0.25, 0.3) is 5.65 Å². The monoisotopic (exact) mass is 243 g/mol. The fourth-order valence-electron chi connectivity index (χ4n) is 1.86. The van der Waals surface area contributed by atoms with E-state index in [-0.39, 0.29) is 0 Å². The molecule has 5 heteroatoms. The smallest absolute Gasteiger partial charge is 0.189 e. The molecular formula is C13H17N5. The van der Waals surface area contributed by atoms with Gasteiger partial charge in [0.05, 0.1) is 12.2 Å². The summed E-state index contributed by atoms with van der Waals surface area (Å²) in [5, 5.41) is 3.16. The number of pyridine rings is 1. The quantitative estimate of drug-likeness (QED) is 0.629. The summed E-state index contributed by atoms with van der Waals surface area (Å²) in [4.78, 5) is 8.81. The van der Waals surface area contributed by atoms with Gasteiger partial charge in [-0.05, 0) is 37.5 Å². The van der Waals surface area contributed by atoms with Gasteiger partial charge < -0.3 is 15.5 Å². The van der Waals surface area contributed by atoms with Crippen LogP contribution >= 0.6 is 0 Å². The Morgan fingerprint density at radius 1 is 1.61 bits per heavy atom. The van der Waals surface area contributed by atoms with E-state index < -0.39 is 0 Å². The van der Waals surface area contributed by atoms with E-state index >= 15 is 0 Å². The van der Waals surface area contributed by atoms with Crippen LogP contribution in [-0.2, 0) is 6.54 Å². The van der Waals surface area contributed by atoms with E-state index in [9.17, 15) is 0 Å². The molecule has 0 bridgehead atoms. The first kappa shape index (κ1) is 11.1. The number of aliphatic imine (C=N–C) groups is 1.